The molecule has 7 nitrogen and oxygen atoms in total. The van der Waals surface area contributed by atoms with E-state index in [0.717, 1.165) is 33.5 Å². The number of amides is 3. The van der Waals surface area contributed by atoms with Crippen LogP contribution in [-0.4, -0.2) is 41.0 Å². The molecule has 3 amide bonds. The molecule has 0 aliphatic heterocycles. The van der Waals surface area contributed by atoms with Gasteiger partial charge in [-0.3, -0.25) is 9.59 Å². The largest absolute Gasteiger partial charge is 0.444 e. The number of anilines is 1. The molecule has 0 aromatic heterocycles. The number of nitrogens with zero attached hydrogens (tertiary/aromatic N) is 1. The summed E-state index contributed by atoms with van der Waals surface area (Å²) in [5, 5.41) is 5.87. The van der Waals surface area contributed by atoms with Gasteiger partial charge in [0.1, 0.15) is 17.7 Å². The number of rotatable bonds is 9. The molecular formula is C31H45N3O4. The van der Waals surface area contributed by atoms with Crippen molar-refractivity contribution in [1.82, 2.24) is 10.2 Å². The number of benzene rings is 2. The maximum atomic E-state index is 14.1. The molecule has 0 fully saturated rings. The Hall–Kier alpha value is -3.35. The zero-order valence-electron chi connectivity index (χ0n) is 24.7. The first-order valence-electron chi connectivity index (χ1n) is 13.4. The highest BCUT2D eigenvalue weighted by atomic mass is 16.6. The van der Waals surface area contributed by atoms with Crippen LogP contribution in [0.3, 0.4) is 0 Å². The van der Waals surface area contributed by atoms with Gasteiger partial charge < -0.3 is 20.3 Å². The molecule has 2 aromatic rings. The van der Waals surface area contributed by atoms with Crippen molar-refractivity contribution in [2.45, 2.75) is 93.3 Å². The van der Waals surface area contributed by atoms with Crippen molar-refractivity contribution in [1.29, 1.82) is 0 Å². The van der Waals surface area contributed by atoms with Gasteiger partial charge in [-0.2, -0.15) is 0 Å². The lowest BCUT2D eigenvalue weighted by Crippen LogP contribution is -2.52. The first-order valence-corrected chi connectivity index (χ1v) is 13.4. The van der Waals surface area contributed by atoms with E-state index < -0.39 is 23.8 Å². The van der Waals surface area contributed by atoms with Gasteiger partial charge in [0.25, 0.3) is 5.91 Å². The molecular weight excluding hydrogens is 478 g/mol. The fraction of sp³-hybridized carbons (Fsp3) is 0.516. The zero-order chi connectivity index (χ0) is 28.8. The Bertz CT molecular complexity index is 1130. The number of alkyl carbamates (subject to hydrolysis) is 1. The quantitative estimate of drug-likeness (QED) is 0.399. The van der Waals surface area contributed by atoms with Crippen LogP contribution in [-0.2, 0) is 14.3 Å². The lowest BCUT2D eigenvalue weighted by molar-refractivity contribution is -0.140. The lowest BCUT2D eigenvalue weighted by Gasteiger charge is -2.35. The van der Waals surface area contributed by atoms with Crippen LogP contribution < -0.4 is 10.6 Å². The standard InChI is InChI=1S/C31H45N3O4/c1-11-34(29(36)25(18-19(2)3)32-30(37)38-31(8,9)10)27(24-17-13-14-20(4)23(24)7)28(35)33-26-21(5)15-12-16-22(26)6/h12-17,19,25,27H,11,18H2,1-10H3,(H,32,37)(H,33,35). The van der Waals surface area contributed by atoms with Crippen LogP contribution in [0, 0.1) is 33.6 Å². The van der Waals surface area contributed by atoms with Crippen molar-refractivity contribution in [2.24, 2.45) is 5.92 Å². The van der Waals surface area contributed by atoms with Gasteiger partial charge in [0.15, 0.2) is 0 Å². The average molecular weight is 524 g/mol. The number of nitrogens with one attached hydrogen (secondary N) is 2. The highest BCUT2D eigenvalue weighted by Crippen LogP contribution is 2.30. The van der Waals surface area contributed by atoms with Crippen LogP contribution in [0.5, 0.6) is 0 Å². The number of hydrogen-bond donors (Lipinski definition) is 2. The Labute approximate surface area is 228 Å². The second kappa shape index (κ2) is 12.9. The fourth-order valence-electron chi connectivity index (χ4n) is 4.53. The monoisotopic (exact) mass is 523 g/mol. The molecule has 2 N–H and O–H groups in total. The van der Waals surface area contributed by atoms with E-state index in [9.17, 15) is 14.4 Å². The van der Waals surface area contributed by atoms with E-state index in [4.69, 9.17) is 4.74 Å². The number of carbonyl (C=O) groups excluding carboxylic acids is 3. The van der Waals surface area contributed by atoms with Gasteiger partial charge in [0.05, 0.1) is 0 Å². The Morgan fingerprint density at radius 3 is 2.00 bits per heavy atom. The highest BCUT2D eigenvalue weighted by Gasteiger charge is 2.36. The van der Waals surface area contributed by atoms with Crippen LogP contribution in [0.2, 0.25) is 0 Å². The topological polar surface area (TPSA) is 87.7 Å². The number of ether oxygens (including phenoxy) is 1. The molecule has 38 heavy (non-hydrogen) atoms. The van der Waals surface area contributed by atoms with E-state index in [-0.39, 0.29) is 24.3 Å². The Morgan fingerprint density at radius 2 is 1.47 bits per heavy atom. The van der Waals surface area contributed by atoms with Gasteiger partial charge in [-0.05, 0) is 95.5 Å². The van der Waals surface area contributed by atoms with Gasteiger partial charge in [-0.15, -0.1) is 0 Å². The minimum absolute atomic E-state index is 0.125. The maximum Gasteiger partial charge on any atom is 0.408 e. The molecule has 7 heteroatoms. The van der Waals surface area contributed by atoms with E-state index in [1.807, 2.05) is 84.9 Å². The maximum absolute atomic E-state index is 14.1. The summed E-state index contributed by atoms with van der Waals surface area (Å²) in [6, 6.07) is 9.90. The Balaban J connectivity index is 2.56. The smallest absolute Gasteiger partial charge is 0.408 e. The zero-order valence-corrected chi connectivity index (χ0v) is 24.7. The van der Waals surface area contributed by atoms with Crippen molar-refractivity contribution >= 4 is 23.6 Å². The molecule has 0 aliphatic carbocycles. The van der Waals surface area contributed by atoms with E-state index in [0.29, 0.717) is 6.42 Å². The minimum Gasteiger partial charge on any atom is -0.444 e. The number of hydrogen-bond acceptors (Lipinski definition) is 4. The minimum atomic E-state index is -0.887. The third-order valence-electron chi connectivity index (χ3n) is 6.55. The van der Waals surface area contributed by atoms with Crippen molar-refractivity contribution in [2.75, 3.05) is 11.9 Å². The van der Waals surface area contributed by atoms with Crippen LogP contribution in [0.4, 0.5) is 10.5 Å². The van der Waals surface area contributed by atoms with Gasteiger partial charge in [-0.25, -0.2) is 4.79 Å². The van der Waals surface area contributed by atoms with E-state index in [2.05, 4.69) is 10.6 Å². The highest BCUT2D eigenvalue weighted by molar-refractivity contribution is 6.00. The molecule has 0 saturated heterocycles. The summed E-state index contributed by atoms with van der Waals surface area (Å²) < 4.78 is 5.45. The summed E-state index contributed by atoms with van der Waals surface area (Å²) in [5.74, 6) is -0.498. The molecule has 2 rings (SSSR count). The van der Waals surface area contributed by atoms with Gasteiger partial charge in [0, 0.05) is 12.2 Å². The normalized spacial score (nSPS) is 13.0. The molecule has 2 aromatic carbocycles. The Kier molecular flexibility index (Phi) is 10.5. The SMILES string of the molecule is CCN(C(=O)C(CC(C)C)NC(=O)OC(C)(C)C)C(C(=O)Nc1c(C)cccc1C)c1cccc(C)c1C. The summed E-state index contributed by atoms with van der Waals surface area (Å²) in [6.45, 7) is 19.3. The molecule has 0 radical (unpaired) electrons. The van der Waals surface area contributed by atoms with Crippen LogP contribution in [0.25, 0.3) is 0 Å². The number of para-hydroxylation sites is 1. The second-order valence-electron chi connectivity index (χ2n) is 11.4. The first kappa shape index (κ1) is 30.9. The Morgan fingerprint density at radius 1 is 0.921 bits per heavy atom. The molecule has 0 heterocycles. The first-order chi connectivity index (χ1) is 17.7. The van der Waals surface area contributed by atoms with Crippen molar-refractivity contribution in [3.05, 3.63) is 64.2 Å². The molecule has 0 aliphatic rings. The predicted octanol–water partition coefficient (Wildman–Crippen LogP) is 6.39. The molecule has 2 unspecified atom stereocenters. The van der Waals surface area contributed by atoms with Crippen molar-refractivity contribution in [3.8, 4) is 0 Å². The predicted molar refractivity (Wildman–Crippen MR) is 153 cm³/mol. The average Bonchev–Trinajstić information content (AvgIpc) is 2.79. The number of likely N-dealkylation sites (N-methyl/N-ethyl adjacent to an activating group) is 1. The second-order valence-corrected chi connectivity index (χ2v) is 11.4. The van der Waals surface area contributed by atoms with Crippen LogP contribution in [0.1, 0.15) is 81.8 Å². The molecule has 2 atom stereocenters. The van der Waals surface area contributed by atoms with E-state index in [1.54, 1.807) is 25.7 Å². The summed E-state index contributed by atoms with van der Waals surface area (Å²) in [5.41, 5.74) is 4.65. The van der Waals surface area contributed by atoms with E-state index >= 15 is 0 Å². The fourth-order valence-corrected chi connectivity index (χ4v) is 4.53. The number of aryl methyl sites for hydroxylation is 3. The van der Waals surface area contributed by atoms with Crippen molar-refractivity contribution < 1.29 is 19.1 Å². The summed E-state index contributed by atoms with van der Waals surface area (Å²) >= 11 is 0. The molecule has 0 spiro atoms. The van der Waals surface area contributed by atoms with Gasteiger partial charge >= 0.3 is 6.09 Å². The van der Waals surface area contributed by atoms with Gasteiger partial charge in [0.2, 0.25) is 5.91 Å². The number of carbonyl (C=O) groups is 3. The van der Waals surface area contributed by atoms with E-state index in [1.165, 1.54) is 0 Å². The lowest BCUT2D eigenvalue weighted by atomic mass is 9.94. The summed E-state index contributed by atoms with van der Waals surface area (Å²) in [7, 11) is 0. The molecule has 0 saturated carbocycles. The van der Waals surface area contributed by atoms with Crippen LogP contribution in [0.15, 0.2) is 36.4 Å². The molecule has 208 valence electrons. The third kappa shape index (κ3) is 8.07. The molecule has 0 bridgehead atoms. The van der Waals surface area contributed by atoms with Crippen molar-refractivity contribution in [3.63, 3.8) is 0 Å². The summed E-state index contributed by atoms with van der Waals surface area (Å²) in [6.07, 6.45) is -0.247. The summed E-state index contributed by atoms with van der Waals surface area (Å²) in [4.78, 5) is 42.3. The van der Waals surface area contributed by atoms with Crippen LogP contribution >= 0.6 is 0 Å². The third-order valence-corrected chi connectivity index (χ3v) is 6.55. The van der Waals surface area contributed by atoms with Gasteiger partial charge in [-0.1, -0.05) is 50.2 Å².